The number of carbonyl (C=O) groups excluding carboxylic acids is 1. The Morgan fingerprint density at radius 1 is 1.35 bits per heavy atom. The van der Waals surface area contributed by atoms with Gasteiger partial charge in [-0.2, -0.15) is 0 Å². The van der Waals surface area contributed by atoms with Gasteiger partial charge >= 0.3 is 0 Å². The summed E-state index contributed by atoms with van der Waals surface area (Å²) in [5.74, 6) is 0.967. The fourth-order valence-electron chi connectivity index (χ4n) is 2.79. The van der Waals surface area contributed by atoms with Gasteiger partial charge in [0.05, 0.1) is 6.61 Å². The van der Waals surface area contributed by atoms with Crippen molar-refractivity contribution in [1.82, 2.24) is 5.32 Å². The molecular weight excluding hydrogens is 316 g/mol. The second-order valence-corrected chi connectivity index (χ2v) is 5.83. The van der Waals surface area contributed by atoms with E-state index >= 15 is 0 Å². The van der Waals surface area contributed by atoms with E-state index in [9.17, 15) is 4.79 Å². The van der Waals surface area contributed by atoms with Crippen LogP contribution in [0.3, 0.4) is 0 Å². The first-order chi connectivity index (χ1) is 10.7. The van der Waals surface area contributed by atoms with Gasteiger partial charge in [0.1, 0.15) is 12.4 Å². The molecule has 3 N–H and O–H groups in total. The molecule has 0 aromatic heterocycles. The highest BCUT2D eigenvalue weighted by molar-refractivity contribution is 5.85. The fourth-order valence-corrected chi connectivity index (χ4v) is 2.79. The van der Waals surface area contributed by atoms with Crippen LogP contribution in [-0.2, 0) is 16.1 Å². The molecule has 1 aliphatic rings. The maximum absolute atomic E-state index is 12.2. The Morgan fingerprint density at radius 3 is 2.91 bits per heavy atom. The minimum absolute atomic E-state index is 0. The topological polar surface area (TPSA) is 73.6 Å². The summed E-state index contributed by atoms with van der Waals surface area (Å²) >= 11 is 0. The van der Waals surface area contributed by atoms with Crippen molar-refractivity contribution < 1.29 is 14.3 Å². The second kappa shape index (κ2) is 10.5. The molecule has 6 heteroatoms. The molecule has 1 aromatic rings. The minimum Gasteiger partial charge on any atom is -0.491 e. The highest BCUT2D eigenvalue weighted by Gasteiger charge is 2.24. The number of nitrogens with two attached hydrogens (primary N) is 1. The molecule has 2 unspecified atom stereocenters. The first kappa shape index (κ1) is 19.7. The van der Waals surface area contributed by atoms with Crippen LogP contribution in [0.15, 0.2) is 24.3 Å². The molecule has 2 atom stereocenters. The van der Waals surface area contributed by atoms with Gasteiger partial charge in [-0.15, -0.1) is 12.4 Å². The summed E-state index contributed by atoms with van der Waals surface area (Å²) in [6, 6.07) is 7.93. The van der Waals surface area contributed by atoms with Crippen LogP contribution in [0.2, 0.25) is 0 Å². The number of methoxy groups -OCH3 is 1. The first-order valence-corrected chi connectivity index (χ1v) is 7.93. The van der Waals surface area contributed by atoms with Crippen molar-refractivity contribution in [3.05, 3.63) is 29.8 Å². The molecule has 0 spiro atoms. The predicted octanol–water partition coefficient (Wildman–Crippen LogP) is 2.27. The monoisotopic (exact) mass is 342 g/mol. The van der Waals surface area contributed by atoms with E-state index in [1.165, 1.54) is 0 Å². The number of hydrogen-bond acceptors (Lipinski definition) is 4. The third-order valence-corrected chi connectivity index (χ3v) is 4.01. The van der Waals surface area contributed by atoms with Gasteiger partial charge in [0.15, 0.2) is 0 Å². The van der Waals surface area contributed by atoms with Crippen molar-refractivity contribution in [3.63, 3.8) is 0 Å². The highest BCUT2D eigenvalue weighted by atomic mass is 35.5. The summed E-state index contributed by atoms with van der Waals surface area (Å²) in [6.45, 7) is 1.60. The van der Waals surface area contributed by atoms with E-state index in [-0.39, 0.29) is 30.3 Å². The Bertz CT molecular complexity index is 485. The lowest BCUT2D eigenvalue weighted by Crippen LogP contribution is -2.37. The number of carbonyl (C=O) groups is 1. The molecule has 1 aliphatic carbocycles. The molecule has 1 amide bonds. The van der Waals surface area contributed by atoms with Gasteiger partial charge in [-0.1, -0.05) is 18.6 Å². The van der Waals surface area contributed by atoms with Gasteiger partial charge in [0, 0.05) is 25.6 Å². The molecule has 0 heterocycles. The van der Waals surface area contributed by atoms with Crippen LogP contribution >= 0.6 is 12.4 Å². The van der Waals surface area contributed by atoms with Crippen LogP contribution in [-0.4, -0.2) is 32.3 Å². The summed E-state index contributed by atoms with van der Waals surface area (Å²) in [5, 5.41) is 3.01. The Morgan fingerprint density at radius 2 is 2.17 bits per heavy atom. The van der Waals surface area contributed by atoms with Crippen LogP contribution < -0.4 is 15.8 Å². The second-order valence-electron chi connectivity index (χ2n) is 5.83. The van der Waals surface area contributed by atoms with Gasteiger partial charge in [0.2, 0.25) is 5.91 Å². The van der Waals surface area contributed by atoms with Crippen molar-refractivity contribution in [2.45, 2.75) is 38.3 Å². The zero-order valence-corrected chi connectivity index (χ0v) is 14.4. The smallest absolute Gasteiger partial charge is 0.223 e. The molecule has 0 aliphatic heterocycles. The van der Waals surface area contributed by atoms with Gasteiger partial charge in [-0.25, -0.2) is 0 Å². The number of halogens is 1. The molecule has 0 saturated heterocycles. The average Bonchev–Trinajstić information content (AvgIpc) is 2.53. The van der Waals surface area contributed by atoms with E-state index in [1.807, 2.05) is 24.3 Å². The summed E-state index contributed by atoms with van der Waals surface area (Å²) < 4.78 is 10.5. The number of nitrogens with one attached hydrogen (secondary N) is 1. The zero-order chi connectivity index (χ0) is 15.8. The Hall–Kier alpha value is -1.30. The van der Waals surface area contributed by atoms with Crippen LogP contribution in [0.4, 0.5) is 0 Å². The van der Waals surface area contributed by atoms with Gasteiger partial charge < -0.3 is 20.5 Å². The number of ether oxygens (including phenoxy) is 2. The lowest BCUT2D eigenvalue weighted by Gasteiger charge is -2.25. The van der Waals surface area contributed by atoms with E-state index in [0.717, 1.165) is 37.0 Å². The fraction of sp³-hybridized carbons (Fsp3) is 0.588. The minimum atomic E-state index is 0. The van der Waals surface area contributed by atoms with Gasteiger partial charge in [0.25, 0.3) is 0 Å². The molecular formula is C17H27ClN2O3. The molecule has 0 radical (unpaired) electrons. The number of benzene rings is 1. The lowest BCUT2D eigenvalue weighted by molar-refractivity contribution is -0.126. The van der Waals surface area contributed by atoms with Crippen molar-refractivity contribution in [1.29, 1.82) is 0 Å². The van der Waals surface area contributed by atoms with Crippen LogP contribution in [0.25, 0.3) is 0 Å². The van der Waals surface area contributed by atoms with E-state index in [2.05, 4.69) is 5.32 Å². The maximum Gasteiger partial charge on any atom is 0.223 e. The molecule has 0 bridgehead atoms. The normalized spacial score (nSPS) is 20.4. The molecule has 2 rings (SSSR count). The molecule has 5 nitrogen and oxygen atoms in total. The first-order valence-electron chi connectivity index (χ1n) is 7.93. The maximum atomic E-state index is 12.2. The lowest BCUT2D eigenvalue weighted by atomic mass is 9.85. The van der Waals surface area contributed by atoms with Crippen LogP contribution in [0.1, 0.15) is 31.2 Å². The summed E-state index contributed by atoms with van der Waals surface area (Å²) in [6.07, 6.45) is 3.82. The standard InChI is InChI=1S/C17H26N2O3.ClH/c1-21-8-9-22-16-7-2-4-13(10-16)12-19-17(20)14-5-3-6-15(18)11-14;/h2,4,7,10,14-15H,3,5-6,8-9,11-12,18H2,1H3,(H,19,20);1H. The number of hydrogen-bond donors (Lipinski definition) is 2. The zero-order valence-electron chi connectivity index (χ0n) is 13.6. The largest absolute Gasteiger partial charge is 0.491 e. The van der Waals surface area contributed by atoms with E-state index in [1.54, 1.807) is 7.11 Å². The van der Waals surface area contributed by atoms with Crippen molar-refractivity contribution >= 4 is 18.3 Å². The molecule has 130 valence electrons. The molecule has 1 saturated carbocycles. The number of amides is 1. The quantitative estimate of drug-likeness (QED) is 0.745. The SMILES string of the molecule is COCCOc1cccc(CNC(=O)C2CCCC(N)C2)c1.Cl. The van der Waals surface area contributed by atoms with Gasteiger partial charge in [-0.3, -0.25) is 4.79 Å². The Labute approximate surface area is 144 Å². The Kier molecular flexibility index (Phi) is 8.99. The van der Waals surface area contributed by atoms with E-state index < -0.39 is 0 Å². The van der Waals surface area contributed by atoms with Crippen molar-refractivity contribution in [2.24, 2.45) is 11.7 Å². The van der Waals surface area contributed by atoms with Crippen LogP contribution in [0, 0.1) is 5.92 Å². The summed E-state index contributed by atoms with van der Waals surface area (Å²) in [4.78, 5) is 12.2. The van der Waals surface area contributed by atoms with Crippen molar-refractivity contribution in [2.75, 3.05) is 20.3 Å². The van der Waals surface area contributed by atoms with E-state index in [4.69, 9.17) is 15.2 Å². The molecule has 23 heavy (non-hydrogen) atoms. The predicted molar refractivity (Wildman–Crippen MR) is 92.8 cm³/mol. The average molecular weight is 343 g/mol. The van der Waals surface area contributed by atoms with Crippen molar-refractivity contribution in [3.8, 4) is 5.75 Å². The third kappa shape index (κ3) is 6.77. The van der Waals surface area contributed by atoms with Crippen LogP contribution in [0.5, 0.6) is 5.75 Å². The third-order valence-electron chi connectivity index (χ3n) is 4.01. The summed E-state index contributed by atoms with van der Waals surface area (Å²) in [7, 11) is 1.65. The van der Waals surface area contributed by atoms with Gasteiger partial charge in [-0.05, 0) is 37.0 Å². The number of rotatable bonds is 7. The molecule has 1 aromatic carbocycles. The summed E-state index contributed by atoms with van der Waals surface area (Å²) in [5.41, 5.74) is 6.97. The Balaban J connectivity index is 0.00000264. The van der Waals surface area contributed by atoms with E-state index in [0.29, 0.717) is 19.8 Å². The molecule has 1 fully saturated rings. The highest BCUT2D eigenvalue weighted by Crippen LogP contribution is 2.23.